The number of aliphatic imine (C=N–C) groups is 1. The van der Waals surface area contributed by atoms with Crippen LogP contribution in [0.4, 0.5) is 5.69 Å². The Hall–Kier alpha value is -8.48. The summed E-state index contributed by atoms with van der Waals surface area (Å²) in [6.07, 6.45) is 37.5. The summed E-state index contributed by atoms with van der Waals surface area (Å²) in [5.74, 6) is 1.97. The van der Waals surface area contributed by atoms with Crippen molar-refractivity contribution >= 4 is 67.4 Å². The number of benzene rings is 5. The highest BCUT2D eigenvalue weighted by Crippen LogP contribution is 2.45. The maximum absolute atomic E-state index is 5.27. The van der Waals surface area contributed by atoms with E-state index in [1.54, 1.807) is 6.08 Å². The zero-order valence-corrected chi connectivity index (χ0v) is 39.9. The second-order valence-corrected chi connectivity index (χ2v) is 18.1. The third-order valence-electron chi connectivity index (χ3n) is 13.5. The van der Waals surface area contributed by atoms with Crippen LogP contribution >= 0.6 is 0 Å². The molecule has 0 fully saturated rings. The zero-order chi connectivity index (χ0) is 47.6. The highest BCUT2D eigenvalue weighted by Gasteiger charge is 2.27. The molecule has 1 aliphatic heterocycles. The first kappa shape index (κ1) is 44.1. The molecule has 70 heavy (non-hydrogen) atoms. The summed E-state index contributed by atoms with van der Waals surface area (Å²) in [7, 11) is 0. The highest BCUT2D eigenvalue weighted by atomic mass is 15.0. The van der Waals surface area contributed by atoms with Crippen molar-refractivity contribution in [3.05, 3.63) is 240 Å². The number of hydrogen-bond acceptors (Lipinski definition) is 4. The first-order valence-corrected chi connectivity index (χ1v) is 24.4. The molecule has 1 atom stereocenters. The Morgan fingerprint density at radius 2 is 1.56 bits per heavy atom. The van der Waals surface area contributed by atoms with Crippen molar-refractivity contribution in [2.75, 3.05) is 0 Å². The Bertz CT molecular complexity index is 3700. The average molecular weight is 907 g/mol. The van der Waals surface area contributed by atoms with Crippen LogP contribution < -0.4 is 0 Å². The van der Waals surface area contributed by atoms with Gasteiger partial charge >= 0.3 is 0 Å². The molecule has 0 saturated carbocycles. The molecule has 0 N–H and O–H groups in total. The van der Waals surface area contributed by atoms with Crippen molar-refractivity contribution in [2.24, 2.45) is 4.99 Å². The lowest BCUT2D eigenvalue weighted by Crippen LogP contribution is -2.07. The Kier molecular flexibility index (Phi) is 12.1. The molecule has 0 amide bonds. The Labute approximate surface area is 410 Å². The van der Waals surface area contributed by atoms with Gasteiger partial charge in [-0.05, 0) is 91.5 Å². The molecule has 11 rings (SSSR count). The molecule has 6 nitrogen and oxygen atoms in total. The van der Waals surface area contributed by atoms with Crippen LogP contribution in [0.25, 0.3) is 78.8 Å². The summed E-state index contributed by atoms with van der Waals surface area (Å²) >= 11 is 0. The predicted octanol–water partition coefficient (Wildman–Crippen LogP) is 16.4. The van der Waals surface area contributed by atoms with E-state index in [9.17, 15) is 0 Å². The molecule has 6 heteroatoms. The maximum Gasteiger partial charge on any atom is 0.163 e. The van der Waals surface area contributed by atoms with Crippen LogP contribution in [0.3, 0.4) is 0 Å². The van der Waals surface area contributed by atoms with E-state index in [-0.39, 0.29) is 5.92 Å². The Morgan fingerprint density at radius 1 is 0.729 bits per heavy atom. The van der Waals surface area contributed by atoms with E-state index in [2.05, 4.69) is 212 Å². The lowest BCUT2D eigenvalue weighted by atomic mass is 9.96. The zero-order valence-electron chi connectivity index (χ0n) is 39.9. The van der Waals surface area contributed by atoms with Gasteiger partial charge in [0, 0.05) is 67.8 Å². The third kappa shape index (κ3) is 8.21. The van der Waals surface area contributed by atoms with Crippen LogP contribution in [0.1, 0.15) is 80.0 Å². The lowest BCUT2D eigenvalue weighted by molar-refractivity contribution is 0.815. The second kappa shape index (κ2) is 19.3. The van der Waals surface area contributed by atoms with Crippen LogP contribution in [0.5, 0.6) is 0 Å². The fourth-order valence-corrected chi connectivity index (χ4v) is 10.1. The van der Waals surface area contributed by atoms with Crippen molar-refractivity contribution in [3.8, 4) is 22.8 Å². The van der Waals surface area contributed by atoms with E-state index >= 15 is 0 Å². The number of para-hydroxylation sites is 3. The van der Waals surface area contributed by atoms with Gasteiger partial charge in [0.05, 0.1) is 27.9 Å². The smallest absolute Gasteiger partial charge is 0.163 e. The van der Waals surface area contributed by atoms with Gasteiger partial charge in [-0.15, -0.1) is 0 Å². The minimum atomic E-state index is -0.0309. The molecule has 3 aromatic heterocycles. The quantitative estimate of drug-likeness (QED) is 0.115. The lowest BCUT2D eigenvalue weighted by Gasteiger charge is -2.15. The van der Waals surface area contributed by atoms with Crippen LogP contribution in [-0.2, 0) is 6.42 Å². The van der Waals surface area contributed by atoms with E-state index < -0.39 is 0 Å². The molecular weight excluding hydrogens is 853 g/mol. The number of aromatic nitrogens is 5. The summed E-state index contributed by atoms with van der Waals surface area (Å²) < 4.78 is 4.90. The normalized spacial score (nSPS) is 15.2. The molecule has 0 saturated heterocycles. The van der Waals surface area contributed by atoms with E-state index in [1.807, 2.05) is 25.2 Å². The third-order valence-corrected chi connectivity index (χ3v) is 13.5. The summed E-state index contributed by atoms with van der Waals surface area (Å²) in [6, 6.07) is 39.5. The van der Waals surface area contributed by atoms with E-state index in [1.165, 1.54) is 55.2 Å². The number of nitrogens with zero attached hydrogens (tertiary/aromatic N) is 6. The van der Waals surface area contributed by atoms with E-state index in [4.69, 9.17) is 19.9 Å². The maximum atomic E-state index is 5.27. The summed E-state index contributed by atoms with van der Waals surface area (Å²) in [4.78, 5) is 20.5. The minimum absolute atomic E-state index is 0.0309. The van der Waals surface area contributed by atoms with Crippen LogP contribution in [-0.4, -0.2) is 29.8 Å². The molecular formula is C64H54N6. The summed E-state index contributed by atoms with van der Waals surface area (Å²) in [5, 5.41) is 3.64. The minimum Gasteiger partial charge on any atom is -0.309 e. The van der Waals surface area contributed by atoms with Crippen LogP contribution in [0.15, 0.2) is 211 Å². The fraction of sp³-hybridized carbons (Fsp3) is 0.125. The molecule has 4 heterocycles. The van der Waals surface area contributed by atoms with Crippen LogP contribution in [0, 0.1) is 0 Å². The van der Waals surface area contributed by atoms with Crippen molar-refractivity contribution in [2.45, 2.75) is 52.4 Å². The highest BCUT2D eigenvalue weighted by molar-refractivity contribution is 6.15. The molecule has 5 aromatic carbocycles. The standard InChI is InChI=1S/C64H54N6/c1-5-7-9-14-25-44(4)63-66-62(43(3)24-13-8-6-2)67-64(68-63)47-29-21-32-49(40-47)70-58-36-20-19-33-51(58)52-35-23-34-50(60(52)70)46-28-22-37-59-54(41-46)53-38-39-56-55(61(53)69(59)48-30-17-12-18-31-48)42-57(65-56)45-26-15-10-11-16-27-45/h6-26,29-41,44H,2,5,27-28,42H2,1,3-4H3/b9-7-,13-8-,25-14-,43-24+/t44-/m0/s1. The van der Waals surface area contributed by atoms with Crippen LogP contribution in [0.2, 0.25) is 0 Å². The Balaban J connectivity index is 1.07. The first-order valence-electron chi connectivity index (χ1n) is 24.4. The predicted molar refractivity (Wildman–Crippen MR) is 296 cm³/mol. The van der Waals surface area contributed by atoms with Gasteiger partial charge in [0.25, 0.3) is 0 Å². The van der Waals surface area contributed by atoms with Crippen molar-refractivity contribution in [1.29, 1.82) is 0 Å². The number of rotatable bonds is 12. The molecule has 2 aliphatic carbocycles. The van der Waals surface area contributed by atoms with Gasteiger partial charge < -0.3 is 9.13 Å². The van der Waals surface area contributed by atoms with E-state index in [0.717, 1.165) is 76.5 Å². The van der Waals surface area contributed by atoms with E-state index in [0.29, 0.717) is 11.6 Å². The largest absolute Gasteiger partial charge is 0.309 e. The molecule has 0 spiro atoms. The first-order chi connectivity index (χ1) is 34.5. The molecule has 0 bridgehead atoms. The van der Waals surface area contributed by atoms with Gasteiger partial charge in [-0.3, -0.25) is 4.99 Å². The monoisotopic (exact) mass is 906 g/mol. The summed E-state index contributed by atoms with van der Waals surface area (Å²) in [6.45, 7) is 10.2. The fourth-order valence-electron chi connectivity index (χ4n) is 10.1. The van der Waals surface area contributed by atoms with Gasteiger partial charge in [-0.2, -0.15) is 0 Å². The molecule has 340 valence electrons. The topological polar surface area (TPSA) is 60.9 Å². The molecule has 8 aromatic rings. The molecule has 0 radical (unpaired) electrons. The molecule has 0 unspecified atom stereocenters. The van der Waals surface area contributed by atoms with Crippen molar-refractivity contribution in [3.63, 3.8) is 0 Å². The van der Waals surface area contributed by atoms with Gasteiger partial charge in [0.2, 0.25) is 0 Å². The van der Waals surface area contributed by atoms with Gasteiger partial charge in [-0.1, -0.05) is 178 Å². The van der Waals surface area contributed by atoms with Crippen molar-refractivity contribution in [1.82, 2.24) is 24.1 Å². The summed E-state index contributed by atoms with van der Waals surface area (Å²) in [5.41, 5.74) is 17.1. The van der Waals surface area contributed by atoms with Gasteiger partial charge in [0.15, 0.2) is 11.6 Å². The number of allylic oxidation sites excluding steroid dienone is 17. The average Bonchev–Trinajstić information content (AvgIpc) is 3.92. The second-order valence-electron chi connectivity index (χ2n) is 18.1. The SMILES string of the molecule is C=C/C=C\C=C(/C)c1nc(-c2cccc(-n3c4ccccc4c4cccc(C5=Cc6c(n(-c7ccccc7)c7c8c(ccc67)N=C(C6=CC=CC=CC6)C8)C=CC5)c43)c2)nc([C@@H](C)/C=C\C=C/CC)n1. The molecule has 3 aliphatic rings. The number of fused-ring (bicyclic) bond motifs is 8. The van der Waals surface area contributed by atoms with Crippen molar-refractivity contribution < 1.29 is 0 Å². The van der Waals surface area contributed by atoms with Gasteiger partial charge in [0.1, 0.15) is 5.82 Å². The number of hydrogen-bond donors (Lipinski definition) is 0. The Morgan fingerprint density at radius 3 is 2.44 bits per heavy atom. The van der Waals surface area contributed by atoms with Gasteiger partial charge in [-0.25, -0.2) is 15.0 Å².